The Balaban J connectivity index is 3.01. The number of nitrogens with zero attached hydrogens (tertiary/aromatic N) is 1. The molecule has 0 N–H and O–H groups in total. The van der Waals surface area contributed by atoms with Crippen LogP contribution in [0.1, 0.15) is 29.3 Å². The average Bonchev–Trinajstić information content (AvgIpc) is 2.20. The van der Waals surface area contributed by atoms with Crippen LogP contribution in [-0.4, -0.2) is 5.78 Å². The van der Waals surface area contributed by atoms with Crippen molar-refractivity contribution in [2.24, 2.45) is 5.92 Å². The number of ketones is 1. The first kappa shape index (κ1) is 10.5. The summed E-state index contributed by atoms with van der Waals surface area (Å²) in [5, 5.41) is 8.78. The standard InChI is InChI=1S/C12H13NO/c1-3-10(8-13)12(14)11-7-5-4-6-9(11)2/h4-7,10H,3H2,1-2H3. The quantitative estimate of drug-likeness (QED) is 0.682. The Morgan fingerprint density at radius 1 is 1.50 bits per heavy atom. The topological polar surface area (TPSA) is 40.9 Å². The summed E-state index contributed by atoms with van der Waals surface area (Å²) in [4.78, 5) is 11.8. The minimum Gasteiger partial charge on any atom is -0.293 e. The Labute approximate surface area is 84.2 Å². The second-order valence-electron chi connectivity index (χ2n) is 3.27. The fourth-order valence-corrected chi connectivity index (χ4v) is 1.37. The van der Waals surface area contributed by atoms with Crippen LogP contribution in [0.3, 0.4) is 0 Å². The lowest BCUT2D eigenvalue weighted by atomic mass is 9.94. The summed E-state index contributed by atoms with van der Waals surface area (Å²) in [5.41, 5.74) is 1.60. The van der Waals surface area contributed by atoms with E-state index < -0.39 is 5.92 Å². The Hall–Kier alpha value is -1.62. The van der Waals surface area contributed by atoms with Gasteiger partial charge in [0.1, 0.15) is 5.92 Å². The highest BCUT2D eigenvalue weighted by Gasteiger charge is 2.18. The summed E-state index contributed by atoms with van der Waals surface area (Å²) < 4.78 is 0. The summed E-state index contributed by atoms with van der Waals surface area (Å²) >= 11 is 0. The first-order chi connectivity index (χ1) is 6.70. The molecule has 0 heterocycles. The van der Waals surface area contributed by atoms with Gasteiger partial charge < -0.3 is 0 Å². The van der Waals surface area contributed by atoms with Gasteiger partial charge in [-0.3, -0.25) is 4.79 Å². The van der Waals surface area contributed by atoms with Crippen LogP contribution in [0.25, 0.3) is 0 Å². The van der Waals surface area contributed by atoms with Gasteiger partial charge in [-0.05, 0) is 18.9 Å². The SMILES string of the molecule is CCC(C#N)C(=O)c1ccccc1C. The summed E-state index contributed by atoms with van der Waals surface area (Å²) in [6.07, 6.45) is 0.573. The number of nitriles is 1. The van der Waals surface area contributed by atoms with Gasteiger partial charge >= 0.3 is 0 Å². The van der Waals surface area contributed by atoms with Gasteiger partial charge in [-0.2, -0.15) is 5.26 Å². The van der Waals surface area contributed by atoms with Crippen LogP contribution in [0.15, 0.2) is 24.3 Å². The number of hydrogen-bond acceptors (Lipinski definition) is 2. The van der Waals surface area contributed by atoms with Crippen LogP contribution in [0, 0.1) is 24.2 Å². The van der Waals surface area contributed by atoms with E-state index in [1.54, 1.807) is 6.07 Å². The van der Waals surface area contributed by atoms with Gasteiger partial charge in [-0.25, -0.2) is 0 Å². The number of carbonyl (C=O) groups is 1. The van der Waals surface area contributed by atoms with Crippen molar-refractivity contribution in [2.45, 2.75) is 20.3 Å². The summed E-state index contributed by atoms with van der Waals surface area (Å²) in [6, 6.07) is 9.40. The molecule has 0 spiro atoms. The molecule has 0 aliphatic heterocycles. The first-order valence-electron chi connectivity index (χ1n) is 4.70. The number of carbonyl (C=O) groups excluding carboxylic acids is 1. The van der Waals surface area contributed by atoms with Crippen LogP contribution < -0.4 is 0 Å². The van der Waals surface area contributed by atoms with Crippen molar-refractivity contribution >= 4 is 5.78 Å². The number of benzene rings is 1. The van der Waals surface area contributed by atoms with E-state index in [9.17, 15) is 4.79 Å². The molecule has 0 bridgehead atoms. The maximum atomic E-state index is 11.8. The molecule has 0 amide bonds. The minimum absolute atomic E-state index is 0.0619. The summed E-state index contributed by atoms with van der Waals surface area (Å²) in [5.74, 6) is -0.566. The molecule has 1 aromatic carbocycles. The smallest absolute Gasteiger partial charge is 0.180 e. The molecule has 1 unspecified atom stereocenters. The van der Waals surface area contributed by atoms with Crippen molar-refractivity contribution < 1.29 is 4.79 Å². The molecule has 72 valence electrons. The van der Waals surface area contributed by atoms with Crippen LogP contribution in [0.4, 0.5) is 0 Å². The van der Waals surface area contributed by atoms with Crippen LogP contribution in [0.5, 0.6) is 0 Å². The Bertz CT molecular complexity index is 376. The van der Waals surface area contributed by atoms with Gasteiger partial charge in [0.05, 0.1) is 6.07 Å². The molecule has 2 nitrogen and oxygen atoms in total. The van der Waals surface area contributed by atoms with Crippen LogP contribution in [0.2, 0.25) is 0 Å². The highest BCUT2D eigenvalue weighted by molar-refractivity contribution is 6.00. The first-order valence-corrected chi connectivity index (χ1v) is 4.70. The maximum Gasteiger partial charge on any atom is 0.180 e. The van der Waals surface area contributed by atoms with E-state index >= 15 is 0 Å². The molecule has 1 atom stereocenters. The molecule has 0 aliphatic carbocycles. The molecule has 2 heteroatoms. The van der Waals surface area contributed by atoms with Crippen LogP contribution >= 0.6 is 0 Å². The molecular formula is C12H13NO. The third-order valence-electron chi connectivity index (χ3n) is 2.29. The van der Waals surface area contributed by atoms with Crippen molar-refractivity contribution in [1.29, 1.82) is 5.26 Å². The third-order valence-corrected chi connectivity index (χ3v) is 2.29. The Morgan fingerprint density at radius 2 is 2.14 bits per heavy atom. The van der Waals surface area contributed by atoms with E-state index in [0.717, 1.165) is 5.56 Å². The lowest BCUT2D eigenvalue weighted by Gasteiger charge is -2.07. The molecule has 0 aliphatic rings. The average molecular weight is 187 g/mol. The molecule has 1 aromatic rings. The highest BCUT2D eigenvalue weighted by Crippen LogP contribution is 2.15. The number of aryl methyl sites for hydroxylation is 1. The molecule has 0 fully saturated rings. The van der Waals surface area contributed by atoms with Gasteiger partial charge in [0.2, 0.25) is 0 Å². The van der Waals surface area contributed by atoms with Crippen molar-refractivity contribution in [3.63, 3.8) is 0 Å². The zero-order valence-corrected chi connectivity index (χ0v) is 8.45. The lowest BCUT2D eigenvalue weighted by molar-refractivity contribution is 0.0946. The Morgan fingerprint density at radius 3 is 2.64 bits per heavy atom. The predicted octanol–water partition coefficient (Wildman–Crippen LogP) is 2.73. The van der Waals surface area contributed by atoms with E-state index in [4.69, 9.17) is 5.26 Å². The van der Waals surface area contributed by atoms with E-state index in [1.807, 2.05) is 38.1 Å². The number of hydrogen-bond donors (Lipinski definition) is 0. The fraction of sp³-hybridized carbons (Fsp3) is 0.333. The summed E-state index contributed by atoms with van der Waals surface area (Å²) in [7, 11) is 0. The number of rotatable bonds is 3. The zero-order chi connectivity index (χ0) is 10.6. The molecule has 0 saturated carbocycles. The minimum atomic E-state index is -0.504. The van der Waals surface area contributed by atoms with Gasteiger partial charge in [-0.1, -0.05) is 31.2 Å². The molecule has 0 radical (unpaired) electrons. The van der Waals surface area contributed by atoms with Gasteiger partial charge in [0.25, 0.3) is 0 Å². The van der Waals surface area contributed by atoms with Gasteiger partial charge in [0.15, 0.2) is 5.78 Å². The van der Waals surface area contributed by atoms with Crippen LogP contribution in [-0.2, 0) is 0 Å². The Kier molecular flexibility index (Phi) is 3.41. The van der Waals surface area contributed by atoms with E-state index in [0.29, 0.717) is 12.0 Å². The van der Waals surface area contributed by atoms with Crippen molar-refractivity contribution in [1.82, 2.24) is 0 Å². The molecule has 1 rings (SSSR count). The highest BCUT2D eigenvalue weighted by atomic mass is 16.1. The zero-order valence-electron chi connectivity index (χ0n) is 8.45. The lowest BCUT2D eigenvalue weighted by Crippen LogP contribution is -2.13. The van der Waals surface area contributed by atoms with Crippen molar-refractivity contribution in [3.05, 3.63) is 35.4 Å². The second kappa shape index (κ2) is 4.57. The maximum absolute atomic E-state index is 11.8. The molecule has 0 aromatic heterocycles. The molecular weight excluding hydrogens is 174 g/mol. The predicted molar refractivity (Wildman–Crippen MR) is 54.9 cm³/mol. The molecule has 14 heavy (non-hydrogen) atoms. The largest absolute Gasteiger partial charge is 0.293 e. The monoisotopic (exact) mass is 187 g/mol. The van der Waals surface area contributed by atoms with Crippen molar-refractivity contribution in [3.8, 4) is 6.07 Å². The van der Waals surface area contributed by atoms with E-state index in [2.05, 4.69) is 0 Å². The fourth-order valence-electron chi connectivity index (χ4n) is 1.37. The van der Waals surface area contributed by atoms with Gasteiger partial charge in [0, 0.05) is 5.56 Å². The molecule has 0 saturated heterocycles. The van der Waals surface area contributed by atoms with E-state index in [1.165, 1.54) is 0 Å². The summed E-state index contributed by atoms with van der Waals surface area (Å²) in [6.45, 7) is 3.74. The van der Waals surface area contributed by atoms with Gasteiger partial charge in [-0.15, -0.1) is 0 Å². The van der Waals surface area contributed by atoms with Crippen molar-refractivity contribution in [2.75, 3.05) is 0 Å². The third kappa shape index (κ3) is 2.00. The second-order valence-corrected chi connectivity index (χ2v) is 3.27. The normalized spacial score (nSPS) is 11.8. The van der Waals surface area contributed by atoms with E-state index in [-0.39, 0.29) is 5.78 Å². The number of Topliss-reactive ketones (excluding diaryl/α,β-unsaturated/α-hetero) is 1.